The molecule has 7 heteroatoms. The van der Waals surface area contributed by atoms with Gasteiger partial charge in [-0.3, -0.25) is 0 Å². The predicted molar refractivity (Wildman–Crippen MR) is 53.2 cm³/mol. The van der Waals surface area contributed by atoms with Gasteiger partial charge in [0.1, 0.15) is 11.4 Å². The Morgan fingerprint density at radius 2 is 2.27 bits per heavy atom. The normalized spacial score (nSPS) is 10.7. The Labute approximate surface area is 92.2 Å². The van der Waals surface area contributed by atoms with Crippen LogP contribution in [0.1, 0.15) is 28.2 Å². The molecule has 0 fully saturated rings. The van der Waals surface area contributed by atoms with E-state index in [1.165, 1.54) is 0 Å². The summed E-state index contributed by atoms with van der Waals surface area (Å²) in [6.07, 6.45) is -2.89. The molecule has 82 valence electrons. The number of alkyl halides is 3. The van der Waals surface area contributed by atoms with Gasteiger partial charge in [-0.1, -0.05) is 15.9 Å². The molecule has 1 aromatic heterocycles. The smallest absolute Gasteiger partial charge is 0.354 e. The molecular weight excluding hydrogens is 274 g/mol. The SMILES string of the molecule is Nc1c(CBr)cc(C(=O)O)nc1C(F)F. The summed E-state index contributed by atoms with van der Waals surface area (Å²) in [6.45, 7) is 0. The Morgan fingerprint density at radius 3 is 2.67 bits per heavy atom. The van der Waals surface area contributed by atoms with E-state index in [-0.39, 0.29) is 16.6 Å². The van der Waals surface area contributed by atoms with Crippen molar-refractivity contribution in [3.8, 4) is 0 Å². The molecule has 3 N–H and O–H groups in total. The monoisotopic (exact) mass is 280 g/mol. The average Bonchev–Trinajstić information content (AvgIpc) is 2.17. The van der Waals surface area contributed by atoms with E-state index >= 15 is 0 Å². The third-order valence-electron chi connectivity index (χ3n) is 1.74. The summed E-state index contributed by atoms with van der Waals surface area (Å²) in [4.78, 5) is 13.9. The number of nitrogens with two attached hydrogens (primary N) is 1. The van der Waals surface area contributed by atoms with Gasteiger partial charge in [-0.25, -0.2) is 18.6 Å². The number of aromatic nitrogens is 1. The highest BCUT2D eigenvalue weighted by Gasteiger charge is 2.19. The Morgan fingerprint density at radius 1 is 1.67 bits per heavy atom. The molecule has 0 aliphatic heterocycles. The van der Waals surface area contributed by atoms with Gasteiger partial charge in [0.05, 0.1) is 5.69 Å². The molecule has 1 heterocycles. The number of pyridine rings is 1. The molecule has 0 atom stereocenters. The second-order valence-corrected chi connectivity index (χ2v) is 3.27. The summed E-state index contributed by atoms with van der Waals surface area (Å²) in [5, 5.41) is 8.83. The Kier molecular flexibility index (Phi) is 3.57. The molecule has 0 spiro atoms. The Hall–Kier alpha value is -1.24. The number of hydrogen-bond acceptors (Lipinski definition) is 3. The summed E-state index contributed by atoms with van der Waals surface area (Å²) in [5.41, 5.74) is 4.39. The molecule has 0 aliphatic carbocycles. The van der Waals surface area contributed by atoms with E-state index in [4.69, 9.17) is 10.8 Å². The van der Waals surface area contributed by atoms with Gasteiger partial charge >= 0.3 is 5.97 Å². The maximum absolute atomic E-state index is 12.4. The van der Waals surface area contributed by atoms with E-state index < -0.39 is 23.8 Å². The summed E-state index contributed by atoms with van der Waals surface area (Å²) >= 11 is 3.03. The fourth-order valence-electron chi connectivity index (χ4n) is 1.02. The van der Waals surface area contributed by atoms with Crippen LogP contribution in [0.2, 0.25) is 0 Å². The molecule has 0 saturated heterocycles. The lowest BCUT2D eigenvalue weighted by atomic mass is 10.1. The highest BCUT2D eigenvalue weighted by Crippen LogP contribution is 2.27. The zero-order chi connectivity index (χ0) is 11.6. The number of carbonyl (C=O) groups is 1. The second kappa shape index (κ2) is 4.52. The number of nitrogens with zero attached hydrogens (tertiary/aromatic N) is 1. The predicted octanol–water partition coefficient (Wildman–Crippen LogP) is 2.19. The first kappa shape index (κ1) is 11.8. The van der Waals surface area contributed by atoms with Gasteiger partial charge in [-0.05, 0) is 11.6 Å². The fourth-order valence-corrected chi connectivity index (χ4v) is 1.48. The summed E-state index contributed by atoms with van der Waals surface area (Å²) in [7, 11) is 0. The van der Waals surface area contributed by atoms with Crippen molar-refractivity contribution < 1.29 is 18.7 Å². The number of carboxylic acids is 1. The van der Waals surface area contributed by atoms with Crippen LogP contribution in [-0.4, -0.2) is 16.1 Å². The van der Waals surface area contributed by atoms with Gasteiger partial charge in [0.2, 0.25) is 0 Å². The second-order valence-electron chi connectivity index (χ2n) is 2.71. The number of halogens is 3. The molecular formula is C8H7BrF2N2O2. The number of anilines is 1. The van der Waals surface area contributed by atoms with E-state index in [0.717, 1.165) is 6.07 Å². The van der Waals surface area contributed by atoms with Gasteiger partial charge in [-0.15, -0.1) is 0 Å². The fraction of sp³-hybridized carbons (Fsp3) is 0.250. The van der Waals surface area contributed by atoms with Gasteiger partial charge in [-0.2, -0.15) is 0 Å². The van der Waals surface area contributed by atoms with Crippen molar-refractivity contribution in [2.75, 3.05) is 5.73 Å². The molecule has 0 amide bonds. The molecule has 0 aliphatic rings. The lowest BCUT2D eigenvalue weighted by Gasteiger charge is -2.09. The third-order valence-corrected chi connectivity index (χ3v) is 2.35. The lowest BCUT2D eigenvalue weighted by Crippen LogP contribution is -2.09. The highest BCUT2D eigenvalue weighted by atomic mass is 79.9. The van der Waals surface area contributed by atoms with Crippen molar-refractivity contribution in [1.82, 2.24) is 4.98 Å². The number of hydrogen-bond donors (Lipinski definition) is 2. The van der Waals surface area contributed by atoms with Crippen molar-refractivity contribution >= 4 is 27.6 Å². The topological polar surface area (TPSA) is 76.2 Å². The molecule has 15 heavy (non-hydrogen) atoms. The van der Waals surface area contributed by atoms with Crippen molar-refractivity contribution in [2.24, 2.45) is 0 Å². The lowest BCUT2D eigenvalue weighted by molar-refractivity contribution is 0.0688. The largest absolute Gasteiger partial charge is 0.477 e. The average molecular weight is 281 g/mol. The van der Waals surface area contributed by atoms with Crippen LogP contribution in [-0.2, 0) is 5.33 Å². The van der Waals surface area contributed by atoms with Crippen LogP contribution in [0.3, 0.4) is 0 Å². The number of rotatable bonds is 3. The van der Waals surface area contributed by atoms with Gasteiger partial charge < -0.3 is 10.8 Å². The Bertz CT molecular complexity index is 398. The van der Waals surface area contributed by atoms with Crippen LogP contribution in [0.5, 0.6) is 0 Å². The van der Waals surface area contributed by atoms with Crippen LogP contribution < -0.4 is 5.73 Å². The van der Waals surface area contributed by atoms with E-state index in [1.807, 2.05) is 0 Å². The molecule has 0 bridgehead atoms. The van der Waals surface area contributed by atoms with Gasteiger partial charge in [0, 0.05) is 5.33 Å². The molecule has 1 rings (SSSR count). The maximum Gasteiger partial charge on any atom is 0.354 e. The minimum Gasteiger partial charge on any atom is -0.477 e. The van der Waals surface area contributed by atoms with E-state index in [1.54, 1.807) is 0 Å². The third kappa shape index (κ3) is 2.41. The van der Waals surface area contributed by atoms with Crippen LogP contribution in [0.25, 0.3) is 0 Å². The highest BCUT2D eigenvalue weighted by molar-refractivity contribution is 9.08. The van der Waals surface area contributed by atoms with Crippen molar-refractivity contribution in [2.45, 2.75) is 11.8 Å². The Balaban J connectivity index is 3.38. The standard InChI is InChI=1S/C8H7BrF2N2O2/c9-2-3-1-4(8(14)15)13-6(5(3)12)7(10)11/h1,7H,2,12H2,(H,14,15). The minimum absolute atomic E-state index is 0.174. The minimum atomic E-state index is -2.89. The van der Waals surface area contributed by atoms with Crippen molar-refractivity contribution in [1.29, 1.82) is 0 Å². The first-order valence-electron chi connectivity index (χ1n) is 3.84. The van der Waals surface area contributed by atoms with Crippen LogP contribution in [0.15, 0.2) is 6.07 Å². The van der Waals surface area contributed by atoms with E-state index in [9.17, 15) is 13.6 Å². The molecule has 0 unspecified atom stereocenters. The van der Waals surface area contributed by atoms with Crippen LogP contribution in [0.4, 0.5) is 14.5 Å². The summed E-state index contributed by atoms with van der Waals surface area (Å²) in [5.74, 6) is -1.36. The van der Waals surface area contributed by atoms with Crippen molar-refractivity contribution in [3.63, 3.8) is 0 Å². The van der Waals surface area contributed by atoms with Gasteiger partial charge in [0.15, 0.2) is 0 Å². The first-order chi connectivity index (χ1) is 6.97. The zero-order valence-corrected chi connectivity index (χ0v) is 8.96. The van der Waals surface area contributed by atoms with E-state index in [0.29, 0.717) is 0 Å². The van der Waals surface area contributed by atoms with Gasteiger partial charge in [0.25, 0.3) is 6.43 Å². The van der Waals surface area contributed by atoms with Crippen LogP contribution >= 0.6 is 15.9 Å². The van der Waals surface area contributed by atoms with Crippen LogP contribution in [0, 0.1) is 0 Å². The molecule has 0 aromatic carbocycles. The summed E-state index contributed by atoms with van der Waals surface area (Å²) in [6, 6.07) is 1.16. The summed E-state index contributed by atoms with van der Waals surface area (Å²) < 4.78 is 24.9. The number of nitrogen functional groups attached to an aromatic ring is 1. The molecule has 4 nitrogen and oxygen atoms in total. The maximum atomic E-state index is 12.4. The quantitative estimate of drug-likeness (QED) is 0.833. The first-order valence-corrected chi connectivity index (χ1v) is 4.96. The number of carboxylic acid groups (broad SMARTS) is 1. The zero-order valence-electron chi connectivity index (χ0n) is 7.38. The van der Waals surface area contributed by atoms with E-state index in [2.05, 4.69) is 20.9 Å². The molecule has 0 radical (unpaired) electrons. The molecule has 0 saturated carbocycles. The number of aromatic carboxylic acids is 1. The van der Waals surface area contributed by atoms with Crippen molar-refractivity contribution in [3.05, 3.63) is 23.0 Å². The molecule has 1 aromatic rings.